The molecule has 6 heteroatoms. The topological polar surface area (TPSA) is 80.5 Å². The van der Waals surface area contributed by atoms with Crippen LogP contribution in [0.2, 0.25) is 0 Å². The molecule has 0 unspecified atom stereocenters. The largest absolute Gasteiger partial charge is 0.403 e. The van der Waals surface area contributed by atoms with E-state index in [0.29, 0.717) is 27.7 Å². The molecule has 2 heterocycles. The zero-order valence-corrected chi connectivity index (χ0v) is 17.2. The number of amides is 2. The highest BCUT2D eigenvalue weighted by Crippen LogP contribution is 2.32. The lowest BCUT2D eigenvalue weighted by Crippen LogP contribution is -2.29. The molecule has 0 fully saturated rings. The van der Waals surface area contributed by atoms with Crippen LogP contribution in [0.15, 0.2) is 63.8 Å². The normalized spacial score (nSPS) is 13.2. The number of nitrogens with zero attached hydrogens (tertiary/aromatic N) is 2. The average Bonchev–Trinajstić information content (AvgIpc) is 3.00. The Bertz CT molecular complexity index is 1480. The number of hydrogen-bond acceptors (Lipinski definition) is 5. The van der Waals surface area contributed by atoms with Crippen molar-refractivity contribution in [3.05, 3.63) is 92.8 Å². The van der Waals surface area contributed by atoms with Crippen molar-refractivity contribution in [1.29, 1.82) is 0 Å². The number of para-hydroxylation sites is 1. The van der Waals surface area contributed by atoms with Crippen LogP contribution >= 0.6 is 0 Å². The number of aryl methyl sites for hydroxylation is 3. The number of fused-ring (bicyclic) bond motifs is 2. The third-order valence-electron chi connectivity index (χ3n) is 5.74. The summed E-state index contributed by atoms with van der Waals surface area (Å²) in [5, 5.41) is 0.400. The van der Waals surface area contributed by atoms with Gasteiger partial charge in [0.1, 0.15) is 0 Å². The Morgan fingerprint density at radius 3 is 2.32 bits per heavy atom. The van der Waals surface area contributed by atoms with Crippen molar-refractivity contribution in [1.82, 2.24) is 4.98 Å². The number of hydrogen-bond donors (Lipinski definition) is 0. The van der Waals surface area contributed by atoms with Gasteiger partial charge in [-0.25, -0.2) is 14.7 Å². The fourth-order valence-corrected chi connectivity index (χ4v) is 3.84. The van der Waals surface area contributed by atoms with Crippen molar-refractivity contribution in [2.75, 3.05) is 4.90 Å². The maximum absolute atomic E-state index is 13.1. The first-order chi connectivity index (χ1) is 14.8. The molecule has 0 aliphatic carbocycles. The van der Waals surface area contributed by atoms with Crippen molar-refractivity contribution in [3.63, 3.8) is 0 Å². The van der Waals surface area contributed by atoms with Crippen LogP contribution in [0.5, 0.6) is 0 Å². The van der Waals surface area contributed by atoms with E-state index in [9.17, 15) is 14.4 Å². The standard InChI is InChI=1S/C25H18N2O4/c1-13-7-9-17(11-15(13)3)27-23(28)18-10-8-16(12-20(18)24(27)29)22-26-21-14(2)5-4-6-19(21)25(30)31-22/h4-12H,1-3H3. The molecule has 0 spiro atoms. The summed E-state index contributed by atoms with van der Waals surface area (Å²) in [5.41, 5.74) is 4.53. The Hall–Kier alpha value is -4.06. The molecule has 4 aromatic rings. The molecular formula is C25H18N2O4. The molecule has 1 aromatic heterocycles. The van der Waals surface area contributed by atoms with Gasteiger partial charge in [0.2, 0.25) is 5.89 Å². The van der Waals surface area contributed by atoms with Crippen molar-refractivity contribution < 1.29 is 14.0 Å². The summed E-state index contributed by atoms with van der Waals surface area (Å²) in [6, 6.07) is 15.6. The van der Waals surface area contributed by atoms with Crippen LogP contribution in [0.4, 0.5) is 5.69 Å². The van der Waals surface area contributed by atoms with Gasteiger partial charge in [-0.15, -0.1) is 0 Å². The molecule has 0 radical (unpaired) electrons. The summed E-state index contributed by atoms with van der Waals surface area (Å²) in [6.45, 7) is 5.77. The fourth-order valence-electron chi connectivity index (χ4n) is 3.84. The molecule has 5 rings (SSSR count). The second kappa shape index (κ2) is 6.74. The summed E-state index contributed by atoms with van der Waals surface area (Å²) in [4.78, 5) is 44.2. The van der Waals surface area contributed by atoms with E-state index in [4.69, 9.17) is 4.42 Å². The lowest BCUT2D eigenvalue weighted by atomic mass is 10.1. The zero-order valence-electron chi connectivity index (χ0n) is 17.2. The van der Waals surface area contributed by atoms with E-state index in [0.717, 1.165) is 16.7 Å². The molecule has 6 nitrogen and oxygen atoms in total. The molecule has 0 atom stereocenters. The molecule has 0 bridgehead atoms. The first-order valence-electron chi connectivity index (χ1n) is 9.86. The van der Waals surface area contributed by atoms with Gasteiger partial charge in [0, 0.05) is 5.56 Å². The molecule has 2 amide bonds. The summed E-state index contributed by atoms with van der Waals surface area (Å²) in [5.74, 6) is -0.678. The van der Waals surface area contributed by atoms with Crippen molar-refractivity contribution in [2.45, 2.75) is 20.8 Å². The smallest absolute Gasteiger partial charge is 0.347 e. The maximum atomic E-state index is 13.1. The van der Waals surface area contributed by atoms with Crippen LogP contribution in [-0.4, -0.2) is 16.8 Å². The third-order valence-corrected chi connectivity index (χ3v) is 5.74. The number of carbonyl (C=O) groups is 2. The van der Waals surface area contributed by atoms with Gasteiger partial charge in [-0.3, -0.25) is 9.59 Å². The first kappa shape index (κ1) is 18.9. The molecule has 0 N–H and O–H groups in total. The van der Waals surface area contributed by atoms with E-state index in [2.05, 4.69) is 4.98 Å². The lowest BCUT2D eigenvalue weighted by molar-refractivity contribution is 0.0926. The first-order valence-corrected chi connectivity index (χ1v) is 9.86. The van der Waals surface area contributed by atoms with Crippen LogP contribution in [-0.2, 0) is 0 Å². The molecule has 1 aliphatic rings. The minimum atomic E-state index is -0.497. The molecule has 0 saturated heterocycles. The highest BCUT2D eigenvalue weighted by atomic mass is 16.4. The van der Waals surface area contributed by atoms with Gasteiger partial charge in [-0.1, -0.05) is 18.2 Å². The zero-order chi connectivity index (χ0) is 21.9. The number of imide groups is 1. The minimum Gasteiger partial charge on any atom is -0.403 e. The number of benzene rings is 3. The van der Waals surface area contributed by atoms with Crippen LogP contribution in [0.3, 0.4) is 0 Å². The van der Waals surface area contributed by atoms with Gasteiger partial charge < -0.3 is 4.42 Å². The Morgan fingerprint density at radius 2 is 1.55 bits per heavy atom. The predicted molar refractivity (Wildman–Crippen MR) is 118 cm³/mol. The van der Waals surface area contributed by atoms with Crippen molar-refractivity contribution in [2.24, 2.45) is 0 Å². The summed E-state index contributed by atoms with van der Waals surface area (Å²) in [6.07, 6.45) is 0. The number of rotatable bonds is 2. The molecule has 0 saturated carbocycles. The van der Waals surface area contributed by atoms with Crippen molar-refractivity contribution >= 4 is 28.4 Å². The van der Waals surface area contributed by atoms with Crippen LogP contribution in [0, 0.1) is 20.8 Å². The quantitative estimate of drug-likeness (QED) is 0.452. The van der Waals surface area contributed by atoms with E-state index < -0.39 is 11.5 Å². The van der Waals surface area contributed by atoms with Gasteiger partial charge in [0.05, 0.1) is 27.7 Å². The van der Waals surface area contributed by atoms with Gasteiger partial charge in [0.15, 0.2) is 0 Å². The lowest BCUT2D eigenvalue weighted by Gasteiger charge is -2.15. The molecule has 31 heavy (non-hydrogen) atoms. The highest BCUT2D eigenvalue weighted by Gasteiger charge is 2.37. The summed E-state index contributed by atoms with van der Waals surface area (Å²) in [7, 11) is 0. The molecule has 152 valence electrons. The Morgan fingerprint density at radius 1 is 0.774 bits per heavy atom. The summed E-state index contributed by atoms with van der Waals surface area (Å²) < 4.78 is 5.42. The number of anilines is 1. The van der Waals surface area contributed by atoms with E-state index in [1.807, 2.05) is 39.0 Å². The second-order valence-electron chi connectivity index (χ2n) is 7.75. The highest BCUT2D eigenvalue weighted by molar-refractivity contribution is 6.34. The predicted octanol–water partition coefficient (Wildman–Crippen LogP) is 4.58. The third kappa shape index (κ3) is 2.87. The SMILES string of the molecule is Cc1ccc(N2C(=O)c3ccc(-c4nc5c(C)cccc5c(=O)o4)cc3C2=O)cc1C. The Labute approximate surface area is 177 Å². The van der Waals surface area contributed by atoms with E-state index in [1.54, 1.807) is 36.4 Å². The van der Waals surface area contributed by atoms with Crippen molar-refractivity contribution in [3.8, 4) is 11.5 Å². The number of aromatic nitrogens is 1. The Balaban J connectivity index is 1.61. The summed E-state index contributed by atoms with van der Waals surface area (Å²) >= 11 is 0. The van der Waals surface area contributed by atoms with Gasteiger partial charge in [-0.2, -0.15) is 0 Å². The maximum Gasteiger partial charge on any atom is 0.347 e. The van der Waals surface area contributed by atoms with Crippen LogP contribution in [0.1, 0.15) is 37.4 Å². The fraction of sp³-hybridized carbons (Fsp3) is 0.120. The monoisotopic (exact) mass is 410 g/mol. The number of carbonyl (C=O) groups excluding carboxylic acids is 2. The van der Waals surface area contributed by atoms with Gasteiger partial charge in [0.25, 0.3) is 11.8 Å². The average molecular weight is 410 g/mol. The molecule has 3 aromatic carbocycles. The van der Waals surface area contributed by atoms with Crippen LogP contribution in [0.25, 0.3) is 22.4 Å². The van der Waals surface area contributed by atoms with Crippen LogP contribution < -0.4 is 10.5 Å². The van der Waals surface area contributed by atoms with E-state index in [1.165, 1.54) is 4.90 Å². The van der Waals surface area contributed by atoms with E-state index in [-0.39, 0.29) is 17.4 Å². The van der Waals surface area contributed by atoms with E-state index >= 15 is 0 Å². The Kier molecular flexibility index (Phi) is 4.12. The van der Waals surface area contributed by atoms with Gasteiger partial charge >= 0.3 is 5.63 Å². The second-order valence-corrected chi connectivity index (χ2v) is 7.75. The molecule has 1 aliphatic heterocycles. The van der Waals surface area contributed by atoms with Gasteiger partial charge in [-0.05, 0) is 73.9 Å². The molecular weight excluding hydrogens is 392 g/mol. The minimum absolute atomic E-state index is 0.111.